The summed E-state index contributed by atoms with van der Waals surface area (Å²) in [4.78, 5) is 0. The third-order valence-corrected chi connectivity index (χ3v) is 4.01. The van der Waals surface area contributed by atoms with Gasteiger partial charge in [-0.05, 0) is 59.5 Å². The van der Waals surface area contributed by atoms with Crippen molar-refractivity contribution in [2.45, 2.75) is 59.4 Å². The molecule has 4 nitrogen and oxygen atoms in total. The van der Waals surface area contributed by atoms with Gasteiger partial charge in [-0.2, -0.15) is 4.68 Å². The van der Waals surface area contributed by atoms with E-state index in [1.165, 1.54) is 11.1 Å². The van der Waals surface area contributed by atoms with Gasteiger partial charge in [-0.15, -0.1) is 0 Å². The third kappa shape index (κ3) is 2.93. The molecule has 0 atom stereocenters. The van der Waals surface area contributed by atoms with E-state index >= 15 is 0 Å². The molecule has 0 N–H and O–H groups in total. The van der Waals surface area contributed by atoms with Crippen LogP contribution < -0.4 is 0 Å². The molecule has 1 aromatic heterocycles. The average Bonchev–Trinajstić information content (AvgIpc) is 2.79. The SMILES string of the molecule is CC(C)c1cccc(C(C)C)c1-n1nnn(C(C)C)c1=S. The number of hydrogen-bond donors (Lipinski definition) is 0. The highest BCUT2D eigenvalue weighted by Gasteiger charge is 2.18. The summed E-state index contributed by atoms with van der Waals surface area (Å²) in [6.07, 6.45) is 0. The standard InChI is InChI=1S/C16H24N4S/c1-10(2)13-8-7-9-14(11(3)4)15(13)20-16(21)19(12(5)6)17-18-20/h7-12H,1-6H3. The molecule has 0 saturated heterocycles. The number of benzene rings is 1. The topological polar surface area (TPSA) is 35.6 Å². The summed E-state index contributed by atoms with van der Waals surface area (Å²) in [6, 6.07) is 6.63. The Morgan fingerprint density at radius 2 is 1.43 bits per heavy atom. The predicted octanol–water partition coefficient (Wildman–Crippen LogP) is 4.63. The lowest BCUT2D eigenvalue weighted by atomic mass is 9.93. The van der Waals surface area contributed by atoms with Crippen LogP contribution in [0.2, 0.25) is 0 Å². The Bertz CT molecular complexity index is 654. The molecular formula is C16H24N4S. The first kappa shape index (κ1) is 15.9. The van der Waals surface area contributed by atoms with Gasteiger partial charge in [-0.1, -0.05) is 45.9 Å². The van der Waals surface area contributed by atoms with Gasteiger partial charge < -0.3 is 0 Å². The summed E-state index contributed by atoms with van der Waals surface area (Å²) < 4.78 is 4.26. The molecule has 0 aliphatic rings. The number of para-hydroxylation sites is 1. The molecule has 0 spiro atoms. The van der Waals surface area contributed by atoms with Gasteiger partial charge in [-0.3, -0.25) is 0 Å². The molecule has 114 valence electrons. The van der Waals surface area contributed by atoms with Crippen molar-refractivity contribution in [3.8, 4) is 5.69 Å². The summed E-state index contributed by atoms with van der Waals surface area (Å²) >= 11 is 5.58. The van der Waals surface area contributed by atoms with Gasteiger partial charge in [0.1, 0.15) is 0 Å². The number of hydrogen-bond acceptors (Lipinski definition) is 3. The highest BCUT2D eigenvalue weighted by molar-refractivity contribution is 7.71. The minimum absolute atomic E-state index is 0.208. The van der Waals surface area contributed by atoms with Gasteiger partial charge in [0.25, 0.3) is 0 Å². The smallest absolute Gasteiger partial charge is 0.216 e. The summed E-state index contributed by atoms with van der Waals surface area (Å²) in [5, 5.41) is 8.54. The molecule has 0 aliphatic carbocycles. The van der Waals surface area contributed by atoms with Crippen molar-refractivity contribution in [2.75, 3.05) is 0 Å². The van der Waals surface area contributed by atoms with Crippen molar-refractivity contribution in [2.24, 2.45) is 0 Å². The molecule has 5 heteroatoms. The molecule has 1 aromatic carbocycles. The molecule has 0 fully saturated rings. The first-order valence-electron chi connectivity index (χ1n) is 7.52. The van der Waals surface area contributed by atoms with Crippen molar-refractivity contribution >= 4 is 12.2 Å². The Hall–Kier alpha value is -1.49. The zero-order chi connectivity index (χ0) is 15.7. The Morgan fingerprint density at radius 1 is 0.905 bits per heavy atom. The van der Waals surface area contributed by atoms with Crippen molar-refractivity contribution in [3.05, 3.63) is 34.1 Å². The Kier molecular flexibility index (Phi) is 4.61. The zero-order valence-electron chi connectivity index (χ0n) is 13.7. The monoisotopic (exact) mass is 304 g/mol. The highest BCUT2D eigenvalue weighted by Crippen LogP contribution is 2.30. The van der Waals surface area contributed by atoms with Gasteiger partial charge in [0.15, 0.2) is 0 Å². The van der Waals surface area contributed by atoms with Gasteiger partial charge in [0.05, 0.1) is 11.7 Å². The minimum Gasteiger partial charge on any atom is -0.216 e. The molecular weight excluding hydrogens is 280 g/mol. The molecule has 0 amide bonds. The summed E-state index contributed by atoms with van der Waals surface area (Å²) in [6.45, 7) is 12.9. The number of nitrogens with zero attached hydrogens (tertiary/aromatic N) is 4. The second-order valence-corrected chi connectivity index (χ2v) is 6.67. The fraction of sp³-hybridized carbons (Fsp3) is 0.562. The van der Waals surface area contributed by atoms with Crippen molar-refractivity contribution < 1.29 is 0 Å². The maximum atomic E-state index is 5.58. The van der Waals surface area contributed by atoms with Gasteiger partial charge >= 0.3 is 0 Å². The van der Waals surface area contributed by atoms with Crippen LogP contribution in [0.15, 0.2) is 18.2 Å². The molecule has 0 bridgehead atoms. The van der Waals surface area contributed by atoms with Crippen LogP contribution in [-0.2, 0) is 0 Å². The van der Waals surface area contributed by atoms with Crippen LogP contribution in [0, 0.1) is 4.77 Å². The average molecular weight is 304 g/mol. The van der Waals surface area contributed by atoms with E-state index < -0.39 is 0 Å². The molecule has 0 radical (unpaired) electrons. The third-order valence-electron chi connectivity index (χ3n) is 3.65. The highest BCUT2D eigenvalue weighted by atomic mass is 32.1. The van der Waals surface area contributed by atoms with Crippen molar-refractivity contribution in [1.82, 2.24) is 19.8 Å². The maximum absolute atomic E-state index is 5.58. The minimum atomic E-state index is 0.208. The summed E-state index contributed by atoms with van der Waals surface area (Å²) in [5.74, 6) is 0.814. The largest absolute Gasteiger partial charge is 0.220 e. The Labute approximate surface area is 131 Å². The number of tetrazole rings is 1. The van der Waals surface area contributed by atoms with E-state index in [1.54, 1.807) is 4.68 Å². The molecule has 21 heavy (non-hydrogen) atoms. The molecule has 0 aliphatic heterocycles. The number of rotatable bonds is 4. The maximum Gasteiger partial charge on any atom is 0.220 e. The van der Waals surface area contributed by atoms with Crippen LogP contribution in [0.5, 0.6) is 0 Å². The predicted molar refractivity (Wildman–Crippen MR) is 88.7 cm³/mol. The van der Waals surface area contributed by atoms with Gasteiger partial charge in [-0.25, -0.2) is 4.68 Å². The van der Waals surface area contributed by atoms with E-state index in [0.29, 0.717) is 16.6 Å². The molecule has 0 unspecified atom stereocenters. The van der Waals surface area contributed by atoms with Crippen LogP contribution >= 0.6 is 12.2 Å². The van der Waals surface area contributed by atoms with Crippen LogP contribution in [0.1, 0.15) is 70.5 Å². The normalized spacial score (nSPS) is 11.9. The summed E-state index contributed by atoms with van der Waals surface area (Å²) in [5.41, 5.74) is 3.61. The fourth-order valence-corrected chi connectivity index (χ4v) is 2.85. The Balaban J connectivity index is 2.76. The molecule has 2 rings (SSSR count). The quantitative estimate of drug-likeness (QED) is 0.773. The van der Waals surface area contributed by atoms with E-state index in [9.17, 15) is 0 Å². The zero-order valence-corrected chi connectivity index (χ0v) is 14.5. The first-order valence-corrected chi connectivity index (χ1v) is 7.93. The van der Waals surface area contributed by atoms with E-state index in [4.69, 9.17) is 12.2 Å². The number of aromatic nitrogens is 4. The van der Waals surface area contributed by atoms with Gasteiger partial charge in [0.2, 0.25) is 4.77 Å². The Morgan fingerprint density at radius 3 is 1.81 bits per heavy atom. The van der Waals surface area contributed by atoms with Crippen LogP contribution in [0.3, 0.4) is 0 Å². The molecule has 0 saturated carbocycles. The lowest BCUT2D eigenvalue weighted by molar-refractivity contribution is 0.508. The fourth-order valence-electron chi connectivity index (χ4n) is 2.48. The van der Waals surface area contributed by atoms with E-state index in [-0.39, 0.29) is 6.04 Å². The van der Waals surface area contributed by atoms with Crippen molar-refractivity contribution in [1.29, 1.82) is 0 Å². The summed E-state index contributed by atoms with van der Waals surface area (Å²) in [7, 11) is 0. The molecule has 2 aromatic rings. The molecule has 1 heterocycles. The first-order chi connectivity index (χ1) is 9.84. The second kappa shape index (κ2) is 6.10. The van der Waals surface area contributed by atoms with Crippen molar-refractivity contribution in [3.63, 3.8) is 0 Å². The van der Waals surface area contributed by atoms with Gasteiger partial charge in [0, 0.05) is 0 Å². The van der Waals surface area contributed by atoms with E-state index in [1.807, 2.05) is 4.68 Å². The van der Waals surface area contributed by atoms with E-state index in [0.717, 1.165) is 5.69 Å². The van der Waals surface area contributed by atoms with Crippen LogP contribution in [0.25, 0.3) is 5.69 Å². The van der Waals surface area contributed by atoms with Crippen LogP contribution in [0.4, 0.5) is 0 Å². The van der Waals surface area contributed by atoms with Crippen LogP contribution in [-0.4, -0.2) is 19.8 Å². The second-order valence-electron chi connectivity index (χ2n) is 6.31. The lowest BCUT2D eigenvalue weighted by Crippen LogP contribution is -2.09. The lowest BCUT2D eigenvalue weighted by Gasteiger charge is -2.18. The van der Waals surface area contributed by atoms with E-state index in [2.05, 4.69) is 70.2 Å².